The Morgan fingerprint density at radius 1 is 1.20 bits per heavy atom. The Morgan fingerprint density at radius 3 is 2.60 bits per heavy atom. The van der Waals surface area contributed by atoms with Gasteiger partial charge in [-0.1, -0.05) is 62.7 Å². The van der Waals surface area contributed by atoms with Crippen LogP contribution >= 0.6 is 11.8 Å². The zero-order valence-electron chi connectivity index (χ0n) is 23.7. The highest BCUT2D eigenvalue weighted by molar-refractivity contribution is 7.98. The van der Waals surface area contributed by atoms with Gasteiger partial charge < -0.3 is 15.7 Å². The van der Waals surface area contributed by atoms with Crippen LogP contribution in [0.2, 0.25) is 0 Å². The van der Waals surface area contributed by atoms with E-state index in [2.05, 4.69) is 10.6 Å². The first-order valence-electron chi connectivity index (χ1n) is 14.0. The van der Waals surface area contributed by atoms with Gasteiger partial charge in [0.1, 0.15) is 6.04 Å². The Hall–Kier alpha value is -2.95. The molecule has 10 heteroatoms. The highest BCUT2D eigenvalue weighted by atomic mass is 32.2. The molecule has 1 saturated heterocycles. The van der Waals surface area contributed by atoms with E-state index in [0.717, 1.165) is 35.7 Å². The van der Waals surface area contributed by atoms with Crippen LogP contribution in [-0.4, -0.2) is 88.9 Å². The lowest BCUT2D eigenvalue weighted by Crippen LogP contribution is -2.55. The number of carboxylic acid groups (broad SMARTS) is 1. The highest BCUT2D eigenvalue weighted by Crippen LogP contribution is 2.23. The highest BCUT2D eigenvalue weighted by Gasteiger charge is 2.35. The SMILES string of the molecule is CC[C@H](C)[C@@H](CN(CC(=O)N[C@@H](CCSC)C(=O)O)Cc1cccc2ccccc12)N(C=O)C(=O)[C@@H]1CCCN1. The quantitative estimate of drug-likeness (QED) is 0.264. The normalized spacial score (nSPS) is 17.4. The molecule has 0 spiro atoms. The van der Waals surface area contributed by atoms with E-state index in [0.29, 0.717) is 31.5 Å². The van der Waals surface area contributed by atoms with Gasteiger partial charge in [-0.2, -0.15) is 11.8 Å². The maximum absolute atomic E-state index is 13.4. The molecule has 40 heavy (non-hydrogen) atoms. The summed E-state index contributed by atoms with van der Waals surface area (Å²) in [5.74, 6) is -1.11. The number of hydrogen-bond donors (Lipinski definition) is 3. The number of thioether (sulfide) groups is 1. The molecular formula is C30H42N4O5S. The summed E-state index contributed by atoms with van der Waals surface area (Å²) in [5, 5.41) is 17.6. The lowest BCUT2D eigenvalue weighted by molar-refractivity contribution is -0.145. The molecule has 0 bridgehead atoms. The Kier molecular flexibility index (Phi) is 12.4. The van der Waals surface area contributed by atoms with Crippen molar-refractivity contribution in [2.24, 2.45) is 5.92 Å². The van der Waals surface area contributed by atoms with E-state index in [9.17, 15) is 24.3 Å². The molecule has 2 aromatic carbocycles. The van der Waals surface area contributed by atoms with Gasteiger partial charge in [0.15, 0.2) is 0 Å². The molecule has 3 rings (SSSR count). The number of fused-ring (bicyclic) bond motifs is 1. The van der Waals surface area contributed by atoms with Crippen molar-refractivity contribution in [3.05, 3.63) is 48.0 Å². The second-order valence-electron chi connectivity index (χ2n) is 10.5. The molecule has 4 atom stereocenters. The van der Waals surface area contributed by atoms with Gasteiger partial charge in [0, 0.05) is 13.1 Å². The molecule has 3 N–H and O–H groups in total. The van der Waals surface area contributed by atoms with Crippen molar-refractivity contribution >= 4 is 46.7 Å². The largest absolute Gasteiger partial charge is 0.480 e. The van der Waals surface area contributed by atoms with Gasteiger partial charge in [0.2, 0.25) is 18.2 Å². The third-order valence-corrected chi connectivity index (χ3v) is 8.36. The zero-order chi connectivity index (χ0) is 29.1. The number of carbonyl (C=O) groups excluding carboxylic acids is 3. The maximum Gasteiger partial charge on any atom is 0.326 e. The number of carbonyl (C=O) groups is 4. The van der Waals surface area contributed by atoms with E-state index in [1.807, 2.05) is 67.5 Å². The van der Waals surface area contributed by atoms with Crippen LogP contribution in [0.5, 0.6) is 0 Å². The third-order valence-electron chi connectivity index (χ3n) is 7.71. The number of nitrogens with zero attached hydrogens (tertiary/aromatic N) is 2. The number of aliphatic carboxylic acids is 1. The summed E-state index contributed by atoms with van der Waals surface area (Å²) in [6.07, 6.45) is 5.14. The van der Waals surface area contributed by atoms with E-state index < -0.39 is 24.0 Å². The molecule has 9 nitrogen and oxygen atoms in total. The van der Waals surface area contributed by atoms with Crippen molar-refractivity contribution in [3.8, 4) is 0 Å². The maximum atomic E-state index is 13.4. The van der Waals surface area contributed by atoms with Crippen molar-refractivity contribution in [1.82, 2.24) is 20.4 Å². The molecule has 1 aliphatic rings. The van der Waals surface area contributed by atoms with Gasteiger partial charge >= 0.3 is 5.97 Å². The average molecular weight is 571 g/mol. The summed E-state index contributed by atoms with van der Waals surface area (Å²) >= 11 is 1.52. The summed E-state index contributed by atoms with van der Waals surface area (Å²) in [5.41, 5.74) is 1.01. The molecule has 1 aliphatic heterocycles. The number of amides is 3. The van der Waals surface area contributed by atoms with E-state index in [1.165, 1.54) is 16.7 Å². The minimum atomic E-state index is -1.07. The summed E-state index contributed by atoms with van der Waals surface area (Å²) in [7, 11) is 0. The zero-order valence-corrected chi connectivity index (χ0v) is 24.5. The Balaban J connectivity index is 1.90. The van der Waals surface area contributed by atoms with Crippen molar-refractivity contribution in [1.29, 1.82) is 0 Å². The van der Waals surface area contributed by atoms with Gasteiger partial charge in [-0.25, -0.2) is 4.79 Å². The Morgan fingerprint density at radius 2 is 1.95 bits per heavy atom. The number of carboxylic acids is 1. The number of imide groups is 1. The van der Waals surface area contributed by atoms with Gasteiger partial charge in [-0.3, -0.25) is 24.2 Å². The molecular weight excluding hydrogens is 528 g/mol. The van der Waals surface area contributed by atoms with E-state index in [4.69, 9.17) is 0 Å². The van der Waals surface area contributed by atoms with Crippen molar-refractivity contribution < 1.29 is 24.3 Å². The fourth-order valence-corrected chi connectivity index (χ4v) is 5.71. The first kappa shape index (κ1) is 31.6. The second kappa shape index (κ2) is 15.7. The fourth-order valence-electron chi connectivity index (χ4n) is 5.24. The van der Waals surface area contributed by atoms with Gasteiger partial charge in [-0.15, -0.1) is 0 Å². The van der Waals surface area contributed by atoms with Crippen molar-refractivity contribution in [3.63, 3.8) is 0 Å². The lowest BCUT2D eigenvalue weighted by atomic mass is 9.95. The van der Waals surface area contributed by atoms with Crippen molar-refractivity contribution in [2.75, 3.05) is 31.6 Å². The predicted octanol–water partition coefficient (Wildman–Crippen LogP) is 3.12. The van der Waals surface area contributed by atoms with Crippen LogP contribution in [0.4, 0.5) is 0 Å². The van der Waals surface area contributed by atoms with Crippen LogP contribution in [0.25, 0.3) is 10.8 Å². The molecule has 0 aromatic heterocycles. The van der Waals surface area contributed by atoms with Crippen LogP contribution in [0.1, 0.15) is 45.1 Å². The molecule has 0 aliphatic carbocycles. The van der Waals surface area contributed by atoms with E-state index >= 15 is 0 Å². The lowest BCUT2D eigenvalue weighted by Gasteiger charge is -2.36. The standard InChI is InChI=1S/C30H42N4O5S/c1-4-21(2)27(34(20-35)29(37)25-13-8-15-31-25)18-33(19-28(36)32-26(30(38)39)14-16-40-3)17-23-11-7-10-22-9-5-6-12-24(22)23/h5-7,9-12,20-21,25-27,31H,4,8,13-19H2,1-3H3,(H,32,36)(H,38,39)/t21-,25-,26-,27+/m0/s1. The van der Waals surface area contributed by atoms with Crippen LogP contribution in [-0.2, 0) is 25.7 Å². The van der Waals surface area contributed by atoms with Gasteiger partial charge in [0.25, 0.3) is 0 Å². The van der Waals surface area contributed by atoms with Gasteiger partial charge in [0.05, 0.1) is 18.6 Å². The first-order valence-corrected chi connectivity index (χ1v) is 15.4. The fraction of sp³-hybridized carbons (Fsp3) is 0.533. The molecule has 0 radical (unpaired) electrons. The monoisotopic (exact) mass is 570 g/mol. The molecule has 1 fully saturated rings. The smallest absolute Gasteiger partial charge is 0.326 e. The van der Waals surface area contributed by atoms with E-state index in [-0.39, 0.29) is 31.0 Å². The van der Waals surface area contributed by atoms with Crippen LogP contribution < -0.4 is 10.6 Å². The van der Waals surface area contributed by atoms with Crippen molar-refractivity contribution in [2.45, 2.75) is 64.2 Å². The average Bonchev–Trinajstić information content (AvgIpc) is 3.50. The molecule has 0 saturated carbocycles. The molecule has 218 valence electrons. The van der Waals surface area contributed by atoms with Crippen LogP contribution in [0.3, 0.4) is 0 Å². The minimum absolute atomic E-state index is 0.0121. The molecule has 1 heterocycles. The number of benzene rings is 2. The summed E-state index contributed by atoms with van der Waals surface area (Å²) < 4.78 is 0. The second-order valence-corrected chi connectivity index (χ2v) is 11.5. The van der Waals surface area contributed by atoms with Crippen LogP contribution in [0, 0.1) is 5.92 Å². The summed E-state index contributed by atoms with van der Waals surface area (Å²) in [6.45, 7) is 5.38. The first-order chi connectivity index (χ1) is 19.3. The molecule has 2 aromatic rings. The number of nitrogens with one attached hydrogen (secondary N) is 2. The number of rotatable bonds is 16. The third kappa shape index (κ3) is 8.52. The van der Waals surface area contributed by atoms with E-state index in [1.54, 1.807) is 0 Å². The Labute approximate surface area is 241 Å². The molecule has 0 unspecified atom stereocenters. The van der Waals surface area contributed by atoms with Crippen LogP contribution in [0.15, 0.2) is 42.5 Å². The minimum Gasteiger partial charge on any atom is -0.480 e. The Bertz CT molecular complexity index is 1150. The summed E-state index contributed by atoms with van der Waals surface area (Å²) in [6, 6.07) is 12.2. The summed E-state index contributed by atoms with van der Waals surface area (Å²) in [4.78, 5) is 53.9. The van der Waals surface area contributed by atoms with Gasteiger partial charge in [-0.05, 0) is 60.1 Å². The topological polar surface area (TPSA) is 119 Å². The molecule has 3 amide bonds. The number of hydrogen-bond acceptors (Lipinski definition) is 7. The predicted molar refractivity (Wildman–Crippen MR) is 159 cm³/mol.